The molecule has 0 saturated heterocycles. The molecular weight excluding hydrogens is 310 g/mol. The van der Waals surface area contributed by atoms with Crippen molar-refractivity contribution >= 4 is 33.5 Å². The van der Waals surface area contributed by atoms with Gasteiger partial charge in [-0.1, -0.05) is 55.5 Å². The Morgan fingerprint density at radius 1 is 0.920 bits per heavy atom. The number of anilines is 1. The molecule has 0 aliphatic heterocycles. The molecule has 4 aromatic rings. The van der Waals surface area contributed by atoms with E-state index in [0.29, 0.717) is 0 Å². The first-order valence-corrected chi connectivity index (χ1v) is 8.53. The van der Waals surface area contributed by atoms with Crippen molar-refractivity contribution in [2.75, 3.05) is 5.32 Å². The maximum atomic E-state index is 12.7. The minimum Gasteiger partial charge on any atom is -0.456 e. The zero-order valence-corrected chi connectivity index (χ0v) is 14.0. The number of nitrogens with one attached hydrogen (secondary N) is 1. The molecule has 1 heterocycles. The van der Waals surface area contributed by atoms with Crippen LogP contribution in [0.15, 0.2) is 77.2 Å². The molecule has 3 nitrogen and oxygen atoms in total. The van der Waals surface area contributed by atoms with Crippen LogP contribution in [-0.4, -0.2) is 5.91 Å². The zero-order valence-electron chi connectivity index (χ0n) is 14.0. The SMILES string of the molecule is CCC(C(=O)Nc1ccc2oc3ccccc3c2c1)c1ccccc1. The van der Waals surface area contributed by atoms with Gasteiger partial charge in [-0.05, 0) is 36.2 Å². The molecule has 1 atom stereocenters. The Morgan fingerprint density at radius 2 is 1.64 bits per heavy atom. The van der Waals surface area contributed by atoms with Gasteiger partial charge in [-0.2, -0.15) is 0 Å². The molecule has 3 heteroatoms. The van der Waals surface area contributed by atoms with Gasteiger partial charge in [0.05, 0.1) is 5.92 Å². The van der Waals surface area contributed by atoms with Crippen LogP contribution in [0.1, 0.15) is 24.8 Å². The van der Waals surface area contributed by atoms with Crippen molar-refractivity contribution in [2.45, 2.75) is 19.3 Å². The molecule has 0 radical (unpaired) electrons. The number of carbonyl (C=O) groups is 1. The normalized spacial score (nSPS) is 12.4. The first kappa shape index (κ1) is 15.5. The van der Waals surface area contributed by atoms with Crippen molar-refractivity contribution in [3.63, 3.8) is 0 Å². The Balaban J connectivity index is 1.65. The molecule has 3 aromatic carbocycles. The van der Waals surface area contributed by atoms with Crippen LogP contribution in [0.5, 0.6) is 0 Å². The van der Waals surface area contributed by atoms with Gasteiger partial charge in [0.25, 0.3) is 0 Å². The number of para-hydroxylation sites is 1. The number of amides is 1. The maximum Gasteiger partial charge on any atom is 0.231 e. The summed E-state index contributed by atoms with van der Waals surface area (Å²) in [5.74, 6) is -0.140. The molecule has 0 fully saturated rings. The molecule has 0 spiro atoms. The molecular formula is C22H19NO2. The molecule has 25 heavy (non-hydrogen) atoms. The lowest BCUT2D eigenvalue weighted by atomic mass is 9.95. The molecule has 1 amide bonds. The number of benzene rings is 3. The topological polar surface area (TPSA) is 42.2 Å². The predicted octanol–water partition coefficient (Wildman–Crippen LogP) is 5.72. The monoisotopic (exact) mass is 329 g/mol. The fourth-order valence-electron chi connectivity index (χ4n) is 3.29. The van der Waals surface area contributed by atoms with Crippen LogP contribution < -0.4 is 5.32 Å². The molecule has 4 rings (SSSR count). The van der Waals surface area contributed by atoms with Crippen LogP contribution in [0.25, 0.3) is 21.9 Å². The Bertz CT molecular complexity index is 1030. The number of rotatable bonds is 4. The van der Waals surface area contributed by atoms with Gasteiger partial charge < -0.3 is 9.73 Å². The number of fused-ring (bicyclic) bond motifs is 3. The summed E-state index contributed by atoms with van der Waals surface area (Å²) in [6.07, 6.45) is 0.757. The second-order valence-electron chi connectivity index (χ2n) is 6.17. The molecule has 1 unspecified atom stereocenters. The standard InChI is InChI=1S/C22H19NO2/c1-2-17(15-8-4-3-5-9-15)22(24)23-16-12-13-21-19(14-16)18-10-6-7-11-20(18)25-21/h3-14,17H,2H2,1H3,(H,23,24). The van der Waals surface area contributed by atoms with Crippen molar-refractivity contribution in [3.05, 3.63) is 78.4 Å². The van der Waals surface area contributed by atoms with E-state index in [9.17, 15) is 4.79 Å². The quantitative estimate of drug-likeness (QED) is 0.520. The van der Waals surface area contributed by atoms with Crippen molar-refractivity contribution in [3.8, 4) is 0 Å². The van der Waals surface area contributed by atoms with Crippen LogP contribution in [-0.2, 0) is 4.79 Å². The van der Waals surface area contributed by atoms with E-state index in [-0.39, 0.29) is 11.8 Å². The van der Waals surface area contributed by atoms with E-state index in [1.165, 1.54) is 0 Å². The van der Waals surface area contributed by atoms with Crippen molar-refractivity contribution in [1.82, 2.24) is 0 Å². The summed E-state index contributed by atoms with van der Waals surface area (Å²) in [6, 6.07) is 23.6. The minimum absolute atomic E-state index is 0.0147. The summed E-state index contributed by atoms with van der Waals surface area (Å²) in [5, 5.41) is 5.13. The average molecular weight is 329 g/mol. The van der Waals surface area contributed by atoms with E-state index >= 15 is 0 Å². The second kappa shape index (κ2) is 6.44. The van der Waals surface area contributed by atoms with Crippen LogP contribution in [0.3, 0.4) is 0 Å². The van der Waals surface area contributed by atoms with E-state index in [2.05, 4.69) is 5.32 Å². The first-order valence-electron chi connectivity index (χ1n) is 8.53. The van der Waals surface area contributed by atoms with Gasteiger partial charge in [0.2, 0.25) is 5.91 Å². The third-order valence-corrected chi connectivity index (χ3v) is 4.57. The number of hydrogen-bond donors (Lipinski definition) is 1. The summed E-state index contributed by atoms with van der Waals surface area (Å²) in [5.41, 5.74) is 3.52. The number of hydrogen-bond acceptors (Lipinski definition) is 2. The highest BCUT2D eigenvalue weighted by atomic mass is 16.3. The van der Waals surface area contributed by atoms with Gasteiger partial charge in [-0.15, -0.1) is 0 Å². The summed E-state index contributed by atoms with van der Waals surface area (Å²) in [6.45, 7) is 2.03. The van der Waals surface area contributed by atoms with E-state index < -0.39 is 0 Å². The Labute approximate surface area is 146 Å². The van der Waals surface area contributed by atoms with E-state index in [1.807, 2.05) is 79.7 Å². The van der Waals surface area contributed by atoms with Gasteiger partial charge in [-0.3, -0.25) is 4.79 Å². The Hall–Kier alpha value is -3.07. The molecule has 0 saturated carbocycles. The van der Waals surface area contributed by atoms with Crippen LogP contribution >= 0.6 is 0 Å². The third kappa shape index (κ3) is 2.89. The average Bonchev–Trinajstić information content (AvgIpc) is 3.01. The zero-order chi connectivity index (χ0) is 17.2. The number of furan rings is 1. The fourth-order valence-corrected chi connectivity index (χ4v) is 3.29. The first-order chi connectivity index (χ1) is 12.3. The predicted molar refractivity (Wildman–Crippen MR) is 102 cm³/mol. The third-order valence-electron chi connectivity index (χ3n) is 4.57. The van der Waals surface area contributed by atoms with Crippen LogP contribution in [0.4, 0.5) is 5.69 Å². The van der Waals surface area contributed by atoms with Gasteiger partial charge in [0.15, 0.2) is 0 Å². The van der Waals surface area contributed by atoms with Gasteiger partial charge in [0.1, 0.15) is 11.2 Å². The molecule has 1 N–H and O–H groups in total. The van der Waals surface area contributed by atoms with E-state index in [4.69, 9.17) is 4.42 Å². The molecule has 0 bridgehead atoms. The van der Waals surface area contributed by atoms with Crippen molar-refractivity contribution < 1.29 is 9.21 Å². The maximum absolute atomic E-state index is 12.7. The highest BCUT2D eigenvalue weighted by Gasteiger charge is 2.19. The molecule has 0 aliphatic rings. The van der Waals surface area contributed by atoms with E-state index in [0.717, 1.165) is 39.6 Å². The molecule has 124 valence electrons. The van der Waals surface area contributed by atoms with Crippen LogP contribution in [0, 0.1) is 0 Å². The minimum atomic E-state index is -0.155. The highest BCUT2D eigenvalue weighted by Crippen LogP contribution is 2.31. The summed E-state index contributed by atoms with van der Waals surface area (Å²) in [7, 11) is 0. The molecule has 1 aromatic heterocycles. The largest absolute Gasteiger partial charge is 0.456 e. The highest BCUT2D eigenvalue weighted by molar-refractivity contribution is 6.07. The Kier molecular flexibility index (Phi) is 3.98. The lowest BCUT2D eigenvalue weighted by molar-refractivity contribution is -0.117. The summed E-state index contributed by atoms with van der Waals surface area (Å²) < 4.78 is 5.84. The number of carbonyl (C=O) groups excluding carboxylic acids is 1. The smallest absolute Gasteiger partial charge is 0.231 e. The van der Waals surface area contributed by atoms with Crippen LogP contribution in [0.2, 0.25) is 0 Å². The Morgan fingerprint density at radius 3 is 2.44 bits per heavy atom. The van der Waals surface area contributed by atoms with Crippen molar-refractivity contribution in [1.29, 1.82) is 0 Å². The van der Waals surface area contributed by atoms with Crippen molar-refractivity contribution in [2.24, 2.45) is 0 Å². The second-order valence-corrected chi connectivity index (χ2v) is 6.17. The molecule has 0 aliphatic carbocycles. The van der Waals surface area contributed by atoms with Gasteiger partial charge in [0, 0.05) is 16.5 Å². The van der Waals surface area contributed by atoms with Gasteiger partial charge >= 0.3 is 0 Å². The summed E-state index contributed by atoms with van der Waals surface area (Å²) >= 11 is 0. The lowest BCUT2D eigenvalue weighted by Gasteiger charge is -2.15. The summed E-state index contributed by atoms with van der Waals surface area (Å²) in [4.78, 5) is 12.7. The lowest BCUT2D eigenvalue weighted by Crippen LogP contribution is -2.20. The van der Waals surface area contributed by atoms with Gasteiger partial charge in [-0.25, -0.2) is 0 Å². The van der Waals surface area contributed by atoms with E-state index in [1.54, 1.807) is 0 Å². The fraction of sp³-hybridized carbons (Fsp3) is 0.136.